The van der Waals surface area contributed by atoms with Crippen molar-refractivity contribution in [2.45, 2.75) is 32.6 Å². The van der Waals surface area contributed by atoms with E-state index in [1.165, 1.54) is 25.7 Å². The van der Waals surface area contributed by atoms with Gasteiger partial charge in [-0.15, -0.1) is 0 Å². The third-order valence-corrected chi connectivity index (χ3v) is 3.06. The average molecular weight is 250 g/mol. The van der Waals surface area contributed by atoms with Gasteiger partial charge in [0.2, 0.25) is 0 Å². The predicted octanol–water partition coefficient (Wildman–Crippen LogP) is 3.03. The molecule has 3 N–H and O–H groups in total. The van der Waals surface area contributed by atoms with Gasteiger partial charge < -0.3 is 20.5 Å². The van der Waals surface area contributed by atoms with Crippen LogP contribution in [0.3, 0.4) is 0 Å². The zero-order valence-electron chi connectivity index (χ0n) is 11.0. The first kappa shape index (κ1) is 12.9. The van der Waals surface area contributed by atoms with Gasteiger partial charge >= 0.3 is 0 Å². The van der Waals surface area contributed by atoms with Crippen molar-refractivity contribution in [2.24, 2.45) is 0 Å². The third-order valence-electron chi connectivity index (χ3n) is 3.06. The summed E-state index contributed by atoms with van der Waals surface area (Å²) in [4.78, 5) is 0. The van der Waals surface area contributed by atoms with Gasteiger partial charge in [0.25, 0.3) is 0 Å². The van der Waals surface area contributed by atoms with Crippen LogP contribution in [0.25, 0.3) is 0 Å². The summed E-state index contributed by atoms with van der Waals surface area (Å²) in [5, 5.41) is 3.36. The van der Waals surface area contributed by atoms with E-state index in [2.05, 4.69) is 12.2 Å². The van der Waals surface area contributed by atoms with E-state index < -0.39 is 0 Å². The molecule has 0 spiro atoms. The predicted molar refractivity (Wildman–Crippen MR) is 74.5 cm³/mol. The molecule has 4 nitrogen and oxygen atoms in total. The lowest BCUT2D eigenvalue weighted by Crippen LogP contribution is -2.16. The third kappa shape index (κ3) is 3.22. The van der Waals surface area contributed by atoms with Gasteiger partial charge in [-0.1, -0.05) is 26.2 Å². The molecule has 2 rings (SSSR count). The van der Waals surface area contributed by atoms with Gasteiger partial charge in [-0.3, -0.25) is 0 Å². The van der Waals surface area contributed by atoms with Crippen molar-refractivity contribution in [3.63, 3.8) is 0 Å². The van der Waals surface area contributed by atoms with Crippen LogP contribution in [0.2, 0.25) is 0 Å². The quantitative estimate of drug-likeness (QED) is 0.602. The SMILES string of the molecule is CCCCCCNc1cc2c(cc1N)OCCO2. The molecule has 1 heterocycles. The summed E-state index contributed by atoms with van der Waals surface area (Å²) < 4.78 is 11.0. The van der Waals surface area contributed by atoms with Crippen LogP contribution in [-0.4, -0.2) is 19.8 Å². The van der Waals surface area contributed by atoms with Gasteiger partial charge in [-0.2, -0.15) is 0 Å². The normalized spacial score (nSPS) is 13.4. The standard InChI is InChI=1S/C14H22N2O2/c1-2-3-4-5-6-16-12-10-14-13(9-11(12)15)17-7-8-18-14/h9-10,16H,2-8,15H2,1H3. The molecule has 4 heteroatoms. The monoisotopic (exact) mass is 250 g/mol. The second kappa shape index (κ2) is 6.38. The Hall–Kier alpha value is -1.58. The Kier molecular flexibility index (Phi) is 4.56. The summed E-state index contributed by atoms with van der Waals surface area (Å²) >= 11 is 0. The number of nitrogens with one attached hydrogen (secondary N) is 1. The summed E-state index contributed by atoms with van der Waals surface area (Å²) in [5.74, 6) is 1.53. The van der Waals surface area contributed by atoms with Crippen LogP contribution >= 0.6 is 0 Å². The van der Waals surface area contributed by atoms with Crippen molar-refractivity contribution in [2.75, 3.05) is 30.8 Å². The van der Waals surface area contributed by atoms with Crippen LogP contribution in [0.15, 0.2) is 12.1 Å². The molecule has 1 aliphatic heterocycles. The number of hydrogen-bond acceptors (Lipinski definition) is 4. The topological polar surface area (TPSA) is 56.5 Å². The second-order valence-corrected chi connectivity index (χ2v) is 4.57. The van der Waals surface area contributed by atoms with Crippen LogP contribution in [0.5, 0.6) is 11.5 Å². The van der Waals surface area contributed by atoms with Crippen LogP contribution in [0, 0.1) is 0 Å². The molecular formula is C14H22N2O2. The van der Waals surface area contributed by atoms with Crippen LogP contribution in [-0.2, 0) is 0 Å². The fourth-order valence-electron chi connectivity index (χ4n) is 2.03. The Labute approximate surface area is 108 Å². The molecule has 0 saturated carbocycles. The van der Waals surface area contributed by atoms with Gasteiger partial charge in [0, 0.05) is 18.7 Å². The minimum Gasteiger partial charge on any atom is -0.486 e. The Morgan fingerprint density at radius 2 is 1.83 bits per heavy atom. The number of anilines is 2. The summed E-state index contributed by atoms with van der Waals surface area (Å²) in [5.41, 5.74) is 7.65. The zero-order valence-corrected chi connectivity index (χ0v) is 11.0. The number of benzene rings is 1. The molecule has 0 saturated heterocycles. The first-order chi connectivity index (χ1) is 8.81. The van der Waals surface area contributed by atoms with E-state index in [9.17, 15) is 0 Å². The molecule has 0 aliphatic carbocycles. The first-order valence-electron chi connectivity index (χ1n) is 6.74. The van der Waals surface area contributed by atoms with Crippen LogP contribution < -0.4 is 20.5 Å². The van der Waals surface area contributed by atoms with E-state index in [1.807, 2.05) is 12.1 Å². The van der Waals surface area contributed by atoms with E-state index in [0.717, 1.165) is 29.4 Å². The number of fused-ring (bicyclic) bond motifs is 1. The van der Waals surface area contributed by atoms with Crippen molar-refractivity contribution < 1.29 is 9.47 Å². The number of nitrogen functional groups attached to an aromatic ring is 1. The number of rotatable bonds is 6. The fraction of sp³-hybridized carbons (Fsp3) is 0.571. The van der Waals surface area contributed by atoms with E-state index >= 15 is 0 Å². The minimum absolute atomic E-state index is 0.593. The smallest absolute Gasteiger partial charge is 0.163 e. The summed E-state index contributed by atoms with van der Waals surface area (Å²) in [6, 6.07) is 3.77. The fourth-order valence-corrected chi connectivity index (χ4v) is 2.03. The largest absolute Gasteiger partial charge is 0.486 e. The van der Waals surface area contributed by atoms with Crippen molar-refractivity contribution in [1.29, 1.82) is 0 Å². The van der Waals surface area contributed by atoms with E-state index in [1.54, 1.807) is 0 Å². The van der Waals surface area contributed by atoms with E-state index in [-0.39, 0.29) is 0 Å². The number of hydrogen-bond donors (Lipinski definition) is 2. The van der Waals surface area contributed by atoms with Crippen molar-refractivity contribution in [3.05, 3.63) is 12.1 Å². The number of nitrogens with two attached hydrogens (primary N) is 1. The molecule has 0 bridgehead atoms. The molecule has 1 aromatic carbocycles. The van der Waals surface area contributed by atoms with Crippen molar-refractivity contribution in [1.82, 2.24) is 0 Å². The highest BCUT2D eigenvalue weighted by molar-refractivity contribution is 5.72. The molecule has 18 heavy (non-hydrogen) atoms. The Morgan fingerprint density at radius 3 is 2.56 bits per heavy atom. The van der Waals surface area contributed by atoms with Gasteiger partial charge in [0.1, 0.15) is 13.2 Å². The van der Waals surface area contributed by atoms with Gasteiger partial charge in [-0.05, 0) is 6.42 Å². The highest BCUT2D eigenvalue weighted by Gasteiger charge is 2.14. The highest BCUT2D eigenvalue weighted by Crippen LogP contribution is 2.36. The second-order valence-electron chi connectivity index (χ2n) is 4.57. The lowest BCUT2D eigenvalue weighted by Gasteiger charge is -2.20. The lowest BCUT2D eigenvalue weighted by atomic mass is 10.2. The number of ether oxygens (including phenoxy) is 2. The van der Waals surface area contributed by atoms with Gasteiger partial charge in [0.05, 0.1) is 11.4 Å². The molecule has 0 radical (unpaired) electrons. The van der Waals surface area contributed by atoms with Crippen molar-refractivity contribution >= 4 is 11.4 Å². The Morgan fingerprint density at radius 1 is 1.11 bits per heavy atom. The molecule has 0 aromatic heterocycles. The zero-order chi connectivity index (χ0) is 12.8. The molecule has 0 amide bonds. The highest BCUT2D eigenvalue weighted by atomic mass is 16.6. The maximum absolute atomic E-state index is 5.99. The average Bonchev–Trinajstić information content (AvgIpc) is 2.39. The van der Waals surface area contributed by atoms with Crippen LogP contribution in [0.4, 0.5) is 11.4 Å². The van der Waals surface area contributed by atoms with E-state index in [0.29, 0.717) is 13.2 Å². The van der Waals surface area contributed by atoms with Crippen LogP contribution in [0.1, 0.15) is 32.6 Å². The minimum atomic E-state index is 0.593. The summed E-state index contributed by atoms with van der Waals surface area (Å²) in [7, 11) is 0. The molecule has 1 aliphatic rings. The molecule has 0 unspecified atom stereocenters. The lowest BCUT2D eigenvalue weighted by molar-refractivity contribution is 0.172. The summed E-state index contributed by atoms with van der Waals surface area (Å²) in [6.07, 6.45) is 4.97. The molecular weight excluding hydrogens is 228 g/mol. The number of unbranched alkanes of at least 4 members (excludes halogenated alkanes) is 3. The summed E-state index contributed by atoms with van der Waals surface area (Å²) in [6.45, 7) is 4.36. The maximum Gasteiger partial charge on any atom is 0.163 e. The van der Waals surface area contributed by atoms with Crippen molar-refractivity contribution in [3.8, 4) is 11.5 Å². The Balaban J connectivity index is 1.91. The Bertz CT molecular complexity index is 394. The molecule has 1 aromatic rings. The molecule has 100 valence electrons. The molecule has 0 fully saturated rings. The maximum atomic E-state index is 5.99. The van der Waals surface area contributed by atoms with E-state index in [4.69, 9.17) is 15.2 Å². The van der Waals surface area contributed by atoms with Gasteiger partial charge in [0.15, 0.2) is 11.5 Å². The van der Waals surface area contributed by atoms with Gasteiger partial charge in [-0.25, -0.2) is 0 Å². The molecule has 0 atom stereocenters. The first-order valence-corrected chi connectivity index (χ1v) is 6.74.